The Kier molecular flexibility index (Phi) is 3.63. The van der Waals surface area contributed by atoms with E-state index in [1.165, 1.54) is 19.3 Å². The summed E-state index contributed by atoms with van der Waals surface area (Å²) >= 11 is 0. The molecule has 1 rings (SSSR count). The average Bonchev–Trinajstić information content (AvgIpc) is 2.17. The quantitative estimate of drug-likeness (QED) is 0.734. The number of hydrogen-bond donors (Lipinski definition) is 1. The van der Waals surface area contributed by atoms with E-state index in [9.17, 15) is 0 Å². The lowest BCUT2D eigenvalue weighted by Gasteiger charge is -2.58. The molecular formula is C13H27N. The normalized spacial score (nSPS) is 41.6. The molecule has 0 aromatic heterocycles. The van der Waals surface area contributed by atoms with Crippen molar-refractivity contribution >= 4 is 0 Å². The van der Waals surface area contributed by atoms with Crippen LogP contribution in [-0.2, 0) is 0 Å². The minimum atomic E-state index is 0.440. The topological polar surface area (TPSA) is 26.0 Å². The predicted molar refractivity (Wildman–Crippen MR) is 63.1 cm³/mol. The minimum absolute atomic E-state index is 0.440. The molecule has 2 N–H and O–H groups in total. The lowest BCUT2D eigenvalue weighted by Crippen LogP contribution is -2.60. The molecule has 0 amide bonds. The van der Waals surface area contributed by atoms with Gasteiger partial charge in [0.15, 0.2) is 0 Å². The fourth-order valence-electron chi connectivity index (χ4n) is 3.63. The van der Waals surface area contributed by atoms with Gasteiger partial charge in [0.25, 0.3) is 0 Å². The van der Waals surface area contributed by atoms with E-state index >= 15 is 0 Å². The van der Waals surface area contributed by atoms with E-state index in [-0.39, 0.29) is 0 Å². The first-order chi connectivity index (χ1) is 6.50. The van der Waals surface area contributed by atoms with E-state index in [1.54, 1.807) is 0 Å². The maximum atomic E-state index is 6.25. The summed E-state index contributed by atoms with van der Waals surface area (Å²) in [5.74, 6) is 2.41. The van der Waals surface area contributed by atoms with Crippen LogP contribution in [0.5, 0.6) is 0 Å². The van der Waals surface area contributed by atoms with Gasteiger partial charge in [-0.05, 0) is 36.0 Å². The first-order valence-electron chi connectivity index (χ1n) is 6.26. The fraction of sp³-hybridized carbons (Fsp3) is 1.00. The number of rotatable bonds is 4. The second-order valence-corrected chi connectivity index (χ2v) is 5.38. The summed E-state index contributed by atoms with van der Waals surface area (Å²) in [5, 5.41) is 0. The number of nitrogens with two attached hydrogens (primary N) is 1. The molecule has 0 aromatic rings. The summed E-state index contributed by atoms with van der Waals surface area (Å²) in [7, 11) is 0. The molecule has 0 aliphatic heterocycles. The van der Waals surface area contributed by atoms with Crippen LogP contribution < -0.4 is 5.73 Å². The maximum Gasteiger partial charge on any atom is 0.0103 e. The zero-order valence-electron chi connectivity index (χ0n) is 10.5. The van der Waals surface area contributed by atoms with Crippen molar-refractivity contribution < 1.29 is 0 Å². The van der Waals surface area contributed by atoms with Crippen molar-refractivity contribution in [1.82, 2.24) is 0 Å². The second kappa shape index (κ2) is 4.22. The third-order valence-electron chi connectivity index (χ3n) is 5.17. The summed E-state index contributed by atoms with van der Waals surface area (Å²) in [6, 6.07) is 0.450. The zero-order valence-corrected chi connectivity index (χ0v) is 10.5. The van der Waals surface area contributed by atoms with E-state index in [4.69, 9.17) is 5.73 Å². The molecule has 0 bridgehead atoms. The lowest BCUT2D eigenvalue weighted by molar-refractivity contribution is -0.0649. The Labute approximate surface area is 89.5 Å². The minimum Gasteiger partial charge on any atom is -0.327 e. The van der Waals surface area contributed by atoms with E-state index in [0.29, 0.717) is 11.5 Å². The van der Waals surface area contributed by atoms with Gasteiger partial charge in [-0.2, -0.15) is 0 Å². The van der Waals surface area contributed by atoms with Crippen LogP contribution in [0.15, 0.2) is 0 Å². The van der Waals surface area contributed by atoms with Gasteiger partial charge in [0, 0.05) is 6.04 Å². The van der Waals surface area contributed by atoms with Gasteiger partial charge in [0.1, 0.15) is 0 Å². The molecule has 5 atom stereocenters. The average molecular weight is 197 g/mol. The van der Waals surface area contributed by atoms with Crippen LogP contribution in [0.3, 0.4) is 0 Å². The van der Waals surface area contributed by atoms with Crippen LogP contribution in [0.2, 0.25) is 0 Å². The first-order valence-corrected chi connectivity index (χ1v) is 6.26. The molecule has 5 unspecified atom stereocenters. The van der Waals surface area contributed by atoms with E-state index < -0.39 is 0 Å². The molecule has 1 aliphatic rings. The molecular weight excluding hydrogens is 170 g/mol. The molecule has 1 fully saturated rings. The predicted octanol–water partition coefficient (Wildman–Crippen LogP) is 3.43. The fourth-order valence-corrected chi connectivity index (χ4v) is 3.63. The Balaban J connectivity index is 2.79. The van der Waals surface area contributed by atoms with Gasteiger partial charge < -0.3 is 5.73 Å². The van der Waals surface area contributed by atoms with E-state index in [1.807, 2.05) is 0 Å². The molecule has 14 heavy (non-hydrogen) atoms. The highest BCUT2D eigenvalue weighted by Crippen LogP contribution is 2.55. The first kappa shape index (κ1) is 12.0. The van der Waals surface area contributed by atoms with Crippen LogP contribution >= 0.6 is 0 Å². The van der Waals surface area contributed by atoms with Gasteiger partial charge in [-0.1, -0.05) is 41.0 Å². The van der Waals surface area contributed by atoms with Crippen molar-refractivity contribution in [3.63, 3.8) is 0 Å². The molecule has 1 saturated carbocycles. The monoisotopic (exact) mass is 197 g/mol. The Morgan fingerprint density at radius 3 is 2.21 bits per heavy atom. The standard InChI is InChI=1S/C13H27N/c1-6-9(3)11(5)13(7-2)10(4)8-12(13)14/h9-12H,6-8,14H2,1-5H3. The van der Waals surface area contributed by atoms with Crippen LogP contribution in [-0.4, -0.2) is 6.04 Å². The Bertz CT molecular complexity index is 180. The third-order valence-corrected chi connectivity index (χ3v) is 5.17. The Morgan fingerprint density at radius 1 is 1.36 bits per heavy atom. The summed E-state index contributed by atoms with van der Waals surface area (Å²) in [4.78, 5) is 0. The molecule has 0 heterocycles. The van der Waals surface area contributed by atoms with Crippen molar-refractivity contribution in [1.29, 1.82) is 0 Å². The second-order valence-electron chi connectivity index (χ2n) is 5.38. The van der Waals surface area contributed by atoms with Crippen molar-refractivity contribution in [2.45, 2.75) is 59.9 Å². The summed E-state index contributed by atoms with van der Waals surface area (Å²) in [5.41, 5.74) is 6.69. The van der Waals surface area contributed by atoms with Gasteiger partial charge in [-0.3, -0.25) is 0 Å². The molecule has 1 nitrogen and oxygen atoms in total. The van der Waals surface area contributed by atoms with Crippen LogP contribution in [0, 0.1) is 23.2 Å². The largest absolute Gasteiger partial charge is 0.327 e. The van der Waals surface area contributed by atoms with Gasteiger partial charge >= 0.3 is 0 Å². The highest BCUT2D eigenvalue weighted by Gasteiger charge is 2.53. The Morgan fingerprint density at radius 2 is 1.93 bits per heavy atom. The smallest absolute Gasteiger partial charge is 0.0103 e. The molecule has 1 aliphatic carbocycles. The van der Waals surface area contributed by atoms with Gasteiger partial charge in [-0.25, -0.2) is 0 Å². The van der Waals surface area contributed by atoms with Crippen molar-refractivity contribution in [2.75, 3.05) is 0 Å². The van der Waals surface area contributed by atoms with Crippen LogP contribution in [0.1, 0.15) is 53.9 Å². The molecule has 0 aromatic carbocycles. The third kappa shape index (κ3) is 1.50. The summed E-state index contributed by atoms with van der Waals surface area (Å²) in [6.45, 7) is 11.8. The van der Waals surface area contributed by atoms with Crippen molar-refractivity contribution in [2.24, 2.45) is 28.9 Å². The molecule has 1 heteroatoms. The zero-order chi connectivity index (χ0) is 10.9. The van der Waals surface area contributed by atoms with Crippen LogP contribution in [0.25, 0.3) is 0 Å². The van der Waals surface area contributed by atoms with Crippen molar-refractivity contribution in [3.05, 3.63) is 0 Å². The lowest BCUT2D eigenvalue weighted by atomic mass is 9.49. The molecule has 84 valence electrons. The molecule has 0 radical (unpaired) electrons. The van der Waals surface area contributed by atoms with E-state index in [2.05, 4.69) is 34.6 Å². The summed E-state index contributed by atoms with van der Waals surface area (Å²) in [6.07, 6.45) is 3.76. The van der Waals surface area contributed by atoms with Crippen LogP contribution in [0.4, 0.5) is 0 Å². The van der Waals surface area contributed by atoms with Gasteiger partial charge in [0.05, 0.1) is 0 Å². The van der Waals surface area contributed by atoms with Gasteiger partial charge in [0.2, 0.25) is 0 Å². The maximum absolute atomic E-state index is 6.25. The number of hydrogen-bond acceptors (Lipinski definition) is 1. The van der Waals surface area contributed by atoms with Gasteiger partial charge in [-0.15, -0.1) is 0 Å². The van der Waals surface area contributed by atoms with E-state index in [0.717, 1.165) is 17.8 Å². The SMILES string of the molecule is CCC(C)C(C)C1(CC)C(C)CC1N. The highest BCUT2D eigenvalue weighted by molar-refractivity contribution is 5.05. The van der Waals surface area contributed by atoms with Crippen molar-refractivity contribution in [3.8, 4) is 0 Å². The summed E-state index contributed by atoms with van der Waals surface area (Å²) < 4.78 is 0. The molecule has 0 saturated heterocycles. The highest BCUT2D eigenvalue weighted by atomic mass is 14.8. The Hall–Kier alpha value is -0.0400. The molecule has 0 spiro atoms.